The van der Waals surface area contributed by atoms with Crippen LogP contribution in [0.5, 0.6) is 0 Å². The van der Waals surface area contributed by atoms with Gasteiger partial charge in [0.15, 0.2) is 11.2 Å². The minimum atomic E-state index is -0.834. The molecule has 0 spiro atoms. The number of hydrogen-bond acceptors (Lipinski definition) is 5. The second kappa shape index (κ2) is 3.05. The van der Waals surface area contributed by atoms with Crippen LogP contribution in [0, 0.1) is 0 Å². The molecule has 2 atom stereocenters. The number of aliphatic hydroxyl groups excluding tert-OH is 1. The highest BCUT2D eigenvalue weighted by molar-refractivity contribution is 5.70. The van der Waals surface area contributed by atoms with Gasteiger partial charge in [0, 0.05) is 12.5 Å². The van der Waals surface area contributed by atoms with Crippen molar-refractivity contribution in [1.82, 2.24) is 19.5 Å². The number of hydrogen-bond donors (Lipinski definition) is 3. The number of H-pyrrole nitrogens is 1. The highest BCUT2D eigenvalue weighted by Gasteiger charge is 2.25. The van der Waals surface area contributed by atoms with Crippen LogP contribution in [-0.4, -0.2) is 30.7 Å². The predicted molar refractivity (Wildman–Crippen MR) is 57.1 cm³/mol. The molecular weight excluding hydrogens is 210 g/mol. The Morgan fingerprint density at radius 3 is 3.25 bits per heavy atom. The third-order valence-electron chi connectivity index (χ3n) is 2.73. The van der Waals surface area contributed by atoms with Crippen molar-refractivity contribution in [2.75, 3.05) is 5.32 Å². The number of rotatable bonds is 0. The van der Waals surface area contributed by atoms with Crippen LogP contribution in [0.4, 0.5) is 5.95 Å². The summed E-state index contributed by atoms with van der Waals surface area (Å²) in [5.74, 6) is 0.371. The highest BCUT2D eigenvalue weighted by Crippen LogP contribution is 2.22. The molecule has 84 valence electrons. The van der Waals surface area contributed by atoms with Crippen molar-refractivity contribution >= 4 is 17.1 Å². The minimum absolute atomic E-state index is 0.0818. The Kier molecular flexibility index (Phi) is 1.78. The van der Waals surface area contributed by atoms with E-state index in [0.29, 0.717) is 23.5 Å². The SMILES string of the molecule is CC1CC(O)n2c(nc3nc[nH]c3c2=O)N1. The molecule has 2 unspecified atom stereocenters. The summed E-state index contributed by atoms with van der Waals surface area (Å²) in [5.41, 5.74) is 0.383. The van der Waals surface area contributed by atoms with Crippen molar-refractivity contribution in [2.45, 2.75) is 25.6 Å². The van der Waals surface area contributed by atoms with Crippen LogP contribution in [0.25, 0.3) is 11.2 Å². The molecule has 7 heteroatoms. The highest BCUT2D eigenvalue weighted by atomic mass is 16.3. The Morgan fingerprint density at radius 1 is 1.62 bits per heavy atom. The van der Waals surface area contributed by atoms with Crippen LogP contribution in [0.3, 0.4) is 0 Å². The van der Waals surface area contributed by atoms with Crippen LogP contribution in [0.15, 0.2) is 11.1 Å². The third kappa shape index (κ3) is 1.15. The average Bonchev–Trinajstić information content (AvgIpc) is 2.64. The second-order valence-corrected chi connectivity index (χ2v) is 3.97. The fourth-order valence-corrected chi connectivity index (χ4v) is 1.98. The Morgan fingerprint density at radius 2 is 2.44 bits per heavy atom. The summed E-state index contributed by atoms with van der Waals surface area (Å²) in [6, 6.07) is 0.0818. The third-order valence-corrected chi connectivity index (χ3v) is 2.73. The van der Waals surface area contributed by atoms with Crippen molar-refractivity contribution < 1.29 is 5.11 Å². The van der Waals surface area contributed by atoms with Crippen molar-refractivity contribution in [3.63, 3.8) is 0 Å². The lowest BCUT2D eigenvalue weighted by Crippen LogP contribution is -2.37. The normalized spacial score (nSPS) is 24.1. The Labute approximate surface area is 90.2 Å². The van der Waals surface area contributed by atoms with E-state index in [1.54, 1.807) is 0 Å². The molecule has 3 rings (SSSR count). The summed E-state index contributed by atoms with van der Waals surface area (Å²) >= 11 is 0. The number of anilines is 1. The minimum Gasteiger partial charge on any atom is -0.373 e. The molecule has 2 aromatic heterocycles. The van der Waals surface area contributed by atoms with Crippen molar-refractivity contribution in [3.8, 4) is 0 Å². The molecular formula is C9H11N5O2. The smallest absolute Gasteiger partial charge is 0.283 e. The molecule has 2 aromatic rings. The molecule has 0 amide bonds. The Bertz CT molecular complexity index is 601. The standard InChI is InChI=1S/C9H11N5O2/c1-4-2-5(15)14-8(16)6-7(11-3-10-6)13-9(14)12-4/h3-5,15H,2H2,1H3,(H,10,11)(H,12,13). The van der Waals surface area contributed by atoms with E-state index in [4.69, 9.17) is 0 Å². The van der Waals surface area contributed by atoms with Crippen molar-refractivity contribution in [3.05, 3.63) is 16.7 Å². The van der Waals surface area contributed by atoms with E-state index in [1.165, 1.54) is 10.9 Å². The largest absolute Gasteiger partial charge is 0.373 e. The van der Waals surface area contributed by atoms with Gasteiger partial charge in [0.25, 0.3) is 5.56 Å². The first kappa shape index (κ1) is 9.34. The lowest BCUT2D eigenvalue weighted by Gasteiger charge is -2.28. The number of imidazole rings is 1. The maximum atomic E-state index is 12.0. The van der Waals surface area contributed by atoms with Crippen LogP contribution >= 0.6 is 0 Å². The summed E-state index contributed by atoms with van der Waals surface area (Å²) in [6.07, 6.45) is 1.06. The van der Waals surface area contributed by atoms with Gasteiger partial charge in [-0.3, -0.25) is 4.79 Å². The monoisotopic (exact) mass is 221 g/mol. The molecule has 7 nitrogen and oxygen atoms in total. The zero-order chi connectivity index (χ0) is 11.3. The van der Waals surface area contributed by atoms with E-state index in [1.807, 2.05) is 6.92 Å². The molecule has 1 aliphatic heterocycles. The molecule has 3 N–H and O–H groups in total. The van der Waals surface area contributed by atoms with Crippen LogP contribution in [-0.2, 0) is 0 Å². The summed E-state index contributed by atoms with van der Waals surface area (Å²) in [7, 11) is 0. The topological polar surface area (TPSA) is 95.8 Å². The van der Waals surface area contributed by atoms with Gasteiger partial charge in [0.05, 0.1) is 6.33 Å². The molecule has 0 fully saturated rings. The Balaban J connectivity index is 2.35. The number of nitrogens with zero attached hydrogens (tertiary/aromatic N) is 3. The van der Waals surface area contributed by atoms with Gasteiger partial charge in [0.1, 0.15) is 6.23 Å². The van der Waals surface area contributed by atoms with Crippen molar-refractivity contribution in [2.24, 2.45) is 0 Å². The number of aromatic amines is 1. The quantitative estimate of drug-likeness (QED) is 0.573. The van der Waals surface area contributed by atoms with E-state index >= 15 is 0 Å². The van der Waals surface area contributed by atoms with E-state index < -0.39 is 6.23 Å². The van der Waals surface area contributed by atoms with Gasteiger partial charge in [-0.1, -0.05) is 0 Å². The molecule has 1 aliphatic rings. The molecule has 0 saturated carbocycles. The van der Waals surface area contributed by atoms with E-state index in [-0.39, 0.29) is 11.6 Å². The molecule has 0 radical (unpaired) electrons. The van der Waals surface area contributed by atoms with Crippen LogP contribution in [0.2, 0.25) is 0 Å². The van der Waals surface area contributed by atoms with Gasteiger partial charge in [-0.05, 0) is 6.92 Å². The maximum Gasteiger partial charge on any atom is 0.283 e. The molecule has 16 heavy (non-hydrogen) atoms. The van der Waals surface area contributed by atoms with Gasteiger partial charge in [-0.25, -0.2) is 9.55 Å². The number of nitrogens with one attached hydrogen (secondary N) is 2. The van der Waals surface area contributed by atoms with Gasteiger partial charge in [0.2, 0.25) is 5.95 Å². The first-order chi connectivity index (χ1) is 7.66. The van der Waals surface area contributed by atoms with Gasteiger partial charge < -0.3 is 15.4 Å². The van der Waals surface area contributed by atoms with Gasteiger partial charge >= 0.3 is 0 Å². The zero-order valence-electron chi connectivity index (χ0n) is 8.64. The molecule has 3 heterocycles. The lowest BCUT2D eigenvalue weighted by atomic mass is 10.2. The van der Waals surface area contributed by atoms with E-state index in [0.717, 1.165) is 0 Å². The van der Waals surface area contributed by atoms with Crippen LogP contribution < -0.4 is 10.9 Å². The number of aromatic nitrogens is 4. The molecule has 0 aliphatic carbocycles. The second-order valence-electron chi connectivity index (χ2n) is 3.97. The lowest BCUT2D eigenvalue weighted by molar-refractivity contribution is 0.0805. The Hall–Kier alpha value is -1.89. The van der Waals surface area contributed by atoms with E-state index in [2.05, 4.69) is 20.3 Å². The summed E-state index contributed by atoms with van der Waals surface area (Å²) in [6.45, 7) is 1.92. The first-order valence-electron chi connectivity index (χ1n) is 5.07. The number of aliphatic hydroxyl groups is 1. The number of fused-ring (bicyclic) bond motifs is 2. The first-order valence-corrected chi connectivity index (χ1v) is 5.07. The van der Waals surface area contributed by atoms with E-state index in [9.17, 15) is 9.90 Å². The zero-order valence-corrected chi connectivity index (χ0v) is 8.64. The molecule has 0 aromatic carbocycles. The van der Waals surface area contributed by atoms with Crippen molar-refractivity contribution in [1.29, 1.82) is 0 Å². The summed E-state index contributed by atoms with van der Waals surface area (Å²) in [4.78, 5) is 22.8. The van der Waals surface area contributed by atoms with Gasteiger partial charge in [-0.15, -0.1) is 0 Å². The molecule has 0 saturated heterocycles. The summed E-state index contributed by atoms with van der Waals surface area (Å²) < 4.78 is 1.25. The fraction of sp³-hybridized carbons (Fsp3) is 0.444. The fourth-order valence-electron chi connectivity index (χ4n) is 1.98. The summed E-state index contributed by atoms with van der Waals surface area (Å²) in [5, 5.41) is 12.9. The molecule has 0 bridgehead atoms. The average molecular weight is 221 g/mol. The predicted octanol–water partition coefficient (Wildman–Crippen LogP) is -0.185. The van der Waals surface area contributed by atoms with Crippen LogP contribution in [0.1, 0.15) is 19.6 Å². The van der Waals surface area contributed by atoms with Gasteiger partial charge in [-0.2, -0.15) is 4.98 Å². The maximum absolute atomic E-state index is 12.0.